The molecule has 1 unspecified atom stereocenters. The van der Waals surface area contributed by atoms with Gasteiger partial charge < -0.3 is 10.4 Å². The molecular formula is C18H27NO2. The maximum atomic E-state index is 12.3. The van der Waals surface area contributed by atoms with Gasteiger partial charge in [0.1, 0.15) is 0 Å². The number of carbonyl (C=O) groups excluding carboxylic acids is 1. The van der Waals surface area contributed by atoms with Gasteiger partial charge in [-0.3, -0.25) is 4.79 Å². The lowest BCUT2D eigenvalue weighted by atomic mass is 9.91. The molecule has 1 saturated carbocycles. The van der Waals surface area contributed by atoms with Crippen LogP contribution in [0.1, 0.15) is 57.4 Å². The summed E-state index contributed by atoms with van der Waals surface area (Å²) in [5, 5.41) is 12.8. The summed E-state index contributed by atoms with van der Waals surface area (Å²) in [5.41, 5.74) is 0.255. The number of rotatable bonds is 5. The first kappa shape index (κ1) is 16.0. The van der Waals surface area contributed by atoms with Crippen molar-refractivity contribution < 1.29 is 9.90 Å². The van der Waals surface area contributed by atoms with Crippen molar-refractivity contribution in [3.63, 3.8) is 0 Å². The van der Waals surface area contributed by atoms with Gasteiger partial charge >= 0.3 is 0 Å². The van der Waals surface area contributed by atoms with Gasteiger partial charge in [0.25, 0.3) is 0 Å². The zero-order chi connectivity index (χ0) is 15.1. The van der Waals surface area contributed by atoms with Gasteiger partial charge in [-0.1, -0.05) is 56.0 Å². The predicted molar refractivity (Wildman–Crippen MR) is 84.8 cm³/mol. The summed E-state index contributed by atoms with van der Waals surface area (Å²) in [7, 11) is 0. The number of amides is 1. The largest absolute Gasteiger partial charge is 0.394 e. The summed E-state index contributed by atoms with van der Waals surface area (Å²) in [6.45, 7) is 1.79. The molecule has 1 atom stereocenters. The summed E-state index contributed by atoms with van der Waals surface area (Å²) in [6.07, 6.45) is 8.00. The Morgan fingerprint density at radius 3 is 2.38 bits per heavy atom. The molecular weight excluding hydrogens is 262 g/mol. The van der Waals surface area contributed by atoms with Crippen molar-refractivity contribution in [1.29, 1.82) is 0 Å². The van der Waals surface area contributed by atoms with Crippen molar-refractivity contribution in [2.24, 2.45) is 5.92 Å². The van der Waals surface area contributed by atoms with Crippen molar-refractivity contribution in [1.82, 2.24) is 5.32 Å². The molecule has 2 rings (SSSR count). The van der Waals surface area contributed by atoms with Crippen LogP contribution in [0.2, 0.25) is 0 Å². The fourth-order valence-corrected chi connectivity index (χ4v) is 3.20. The Labute approximate surface area is 127 Å². The molecule has 0 aromatic heterocycles. The second kappa shape index (κ2) is 7.60. The Morgan fingerprint density at radius 1 is 1.19 bits per heavy atom. The van der Waals surface area contributed by atoms with Gasteiger partial charge in [-0.05, 0) is 31.2 Å². The SMILES string of the molecule is CC(CO)(NC(=O)CC1CCCCCC1)c1ccccc1. The fourth-order valence-electron chi connectivity index (χ4n) is 3.20. The molecule has 3 nitrogen and oxygen atoms in total. The Hall–Kier alpha value is -1.35. The van der Waals surface area contributed by atoms with E-state index in [1.807, 2.05) is 37.3 Å². The van der Waals surface area contributed by atoms with Crippen LogP contribution in [0.4, 0.5) is 0 Å². The maximum absolute atomic E-state index is 12.3. The first-order valence-electron chi connectivity index (χ1n) is 8.11. The molecule has 0 spiro atoms. The third-order valence-corrected chi connectivity index (χ3v) is 4.59. The monoisotopic (exact) mass is 289 g/mol. The first-order chi connectivity index (χ1) is 10.1. The Balaban J connectivity index is 1.96. The van der Waals surface area contributed by atoms with Gasteiger partial charge in [0, 0.05) is 6.42 Å². The van der Waals surface area contributed by atoms with E-state index in [1.165, 1.54) is 25.7 Å². The lowest BCUT2D eigenvalue weighted by Crippen LogP contribution is -2.46. The van der Waals surface area contributed by atoms with E-state index < -0.39 is 5.54 Å². The average Bonchev–Trinajstić information content (AvgIpc) is 2.76. The Bertz CT molecular complexity index is 438. The van der Waals surface area contributed by atoms with Crippen LogP contribution in [0.25, 0.3) is 0 Å². The van der Waals surface area contributed by atoms with E-state index >= 15 is 0 Å². The van der Waals surface area contributed by atoms with E-state index in [4.69, 9.17) is 0 Å². The molecule has 1 aromatic rings. The van der Waals surface area contributed by atoms with Gasteiger partial charge in [-0.25, -0.2) is 0 Å². The second-order valence-corrected chi connectivity index (χ2v) is 6.47. The van der Waals surface area contributed by atoms with E-state index in [0.717, 1.165) is 18.4 Å². The maximum Gasteiger partial charge on any atom is 0.221 e. The minimum Gasteiger partial charge on any atom is -0.394 e. The highest BCUT2D eigenvalue weighted by Gasteiger charge is 2.28. The summed E-state index contributed by atoms with van der Waals surface area (Å²) < 4.78 is 0. The van der Waals surface area contributed by atoms with Crippen LogP contribution >= 0.6 is 0 Å². The van der Waals surface area contributed by atoms with Gasteiger partial charge in [0.05, 0.1) is 12.1 Å². The average molecular weight is 289 g/mol. The molecule has 1 aromatic carbocycles. The molecule has 1 fully saturated rings. The molecule has 3 heteroatoms. The summed E-state index contributed by atoms with van der Waals surface area (Å²) in [4.78, 5) is 12.3. The molecule has 1 aliphatic carbocycles. The Kier molecular flexibility index (Phi) is 5.80. The third-order valence-electron chi connectivity index (χ3n) is 4.59. The highest BCUT2D eigenvalue weighted by molar-refractivity contribution is 5.77. The molecule has 1 amide bonds. The number of benzene rings is 1. The van der Waals surface area contributed by atoms with Crippen molar-refractivity contribution in [3.8, 4) is 0 Å². The van der Waals surface area contributed by atoms with Crippen LogP contribution in [-0.4, -0.2) is 17.6 Å². The highest BCUT2D eigenvalue weighted by atomic mass is 16.3. The van der Waals surface area contributed by atoms with Crippen molar-refractivity contribution in [2.75, 3.05) is 6.61 Å². The molecule has 0 saturated heterocycles. The smallest absolute Gasteiger partial charge is 0.221 e. The van der Waals surface area contributed by atoms with E-state index in [-0.39, 0.29) is 12.5 Å². The number of hydrogen-bond donors (Lipinski definition) is 2. The van der Waals surface area contributed by atoms with E-state index in [0.29, 0.717) is 12.3 Å². The zero-order valence-corrected chi connectivity index (χ0v) is 13.0. The van der Waals surface area contributed by atoms with Crippen LogP contribution in [-0.2, 0) is 10.3 Å². The lowest BCUT2D eigenvalue weighted by Gasteiger charge is -2.30. The summed E-state index contributed by atoms with van der Waals surface area (Å²) >= 11 is 0. The first-order valence-corrected chi connectivity index (χ1v) is 8.11. The molecule has 2 N–H and O–H groups in total. The van der Waals surface area contributed by atoms with Crippen LogP contribution in [0.15, 0.2) is 30.3 Å². The second-order valence-electron chi connectivity index (χ2n) is 6.47. The number of carbonyl (C=O) groups is 1. The predicted octanol–water partition coefficient (Wildman–Crippen LogP) is 3.37. The van der Waals surface area contributed by atoms with Crippen LogP contribution in [0.3, 0.4) is 0 Å². The summed E-state index contributed by atoms with van der Waals surface area (Å²) in [6, 6.07) is 9.69. The fraction of sp³-hybridized carbons (Fsp3) is 0.611. The van der Waals surface area contributed by atoms with Crippen molar-refractivity contribution in [2.45, 2.75) is 57.4 Å². The normalized spacial score (nSPS) is 19.5. The minimum atomic E-state index is -0.691. The number of nitrogens with one attached hydrogen (secondary N) is 1. The van der Waals surface area contributed by atoms with Crippen molar-refractivity contribution >= 4 is 5.91 Å². The van der Waals surface area contributed by atoms with Crippen LogP contribution < -0.4 is 5.32 Å². The molecule has 0 aliphatic heterocycles. The van der Waals surface area contributed by atoms with Crippen LogP contribution in [0, 0.1) is 5.92 Å². The number of hydrogen-bond acceptors (Lipinski definition) is 2. The zero-order valence-electron chi connectivity index (χ0n) is 13.0. The Morgan fingerprint density at radius 2 is 1.81 bits per heavy atom. The number of aliphatic hydroxyl groups is 1. The minimum absolute atomic E-state index is 0.0577. The summed E-state index contributed by atoms with van der Waals surface area (Å²) in [5.74, 6) is 0.563. The highest BCUT2D eigenvalue weighted by Crippen LogP contribution is 2.26. The molecule has 0 heterocycles. The van der Waals surface area contributed by atoms with E-state index in [1.54, 1.807) is 0 Å². The molecule has 21 heavy (non-hydrogen) atoms. The quantitative estimate of drug-likeness (QED) is 0.817. The van der Waals surface area contributed by atoms with Gasteiger partial charge in [0.2, 0.25) is 5.91 Å². The van der Waals surface area contributed by atoms with E-state index in [2.05, 4.69) is 5.32 Å². The van der Waals surface area contributed by atoms with Gasteiger partial charge in [-0.2, -0.15) is 0 Å². The van der Waals surface area contributed by atoms with E-state index in [9.17, 15) is 9.90 Å². The lowest BCUT2D eigenvalue weighted by molar-refractivity contribution is -0.124. The third kappa shape index (κ3) is 4.57. The van der Waals surface area contributed by atoms with Gasteiger partial charge in [-0.15, -0.1) is 0 Å². The van der Waals surface area contributed by atoms with Gasteiger partial charge in [0.15, 0.2) is 0 Å². The molecule has 1 aliphatic rings. The molecule has 0 radical (unpaired) electrons. The standard InChI is InChI=1S/C18H27NO2/c1-18(14-20,16-11-7-4-8-12-16)19-17(21)13-15-9-5-2-3-6-10-15/h4,7-8,11-12,15,20H,2-3,5-6,9-10,13-14H2,1H3,(H,19,21). The number of aliphatic hydroxyl groups excluding tert-OH is 1. The van der Waals surface area contributed by atoms with Crippen molar-refractivity contribution in [3.05, 3.63) is 35.9 Å². The van der Waals surface area contributed by atoms with Crippen LogP contribution in [0.5, 0.6) is 0 Å². The molecule has 116 valence electrons. The topological polar surface area (TPSA) is 49.3 Å². The molecule has 0 bridgehead atoms.